The summed E-state index contributed by atoms with van der Waals surface area (Å²) in [4.78, 5) is 19.7. The number of aryl methyl sites for hydroxylation is 1. The molecule has 0 spiro atoms. The summed E-state index contributed by atoms with van der Waals surface area (Å²) in [6.07, 6.45) is 3.97. The van der Waals surface area contributed by atoms with Gasteiger partial charge in [0.05, 0.1) is 12.5 Å². The number of carbonyl (C=O) groups excluding carboxylic acids is 1. The summed E-state index contributed by atoms with van der Waals surface area (Å²) in [7, 11) is 0. The van der Waals surface area contributed by atoms with E-state index < -0.39 is 0 Å². The van der Waals surface area contributed by atoms with Crippen molar-refractivity contribution in [3.8, 4) is 11.4 Å². The Morgan fingerprint density at radius 3 is 2.73 bits per heavy atom. The molecule has 2 aromatic carbocycles. The Balaban J connectivity index is 1.27. The molecule has 6 heteroatoms. The Morgan fingerprint density at radius 2 is 1.97 bits per heavy atom. The number of carbonyl (C=O) groups is 1. The first kappa shape index (κ1) is 23.2. The molecule has 0 saturated carbocycles. The molecular weight excluding hydrogens is 412 g/mol. The monoisotopic (exact) mass is 446 g/mol. The van der Waals surface area contributed by atoms with Crippen molar-refractivity contribution in [2.24, 2.45) is 11.8 Å². The third-order valence-corrected chi connectivity index (χ3v) is 6.52. The van der Waals surface area contributed by atoms with Gasteiger partial charge in [0, 0.05) is 18.7 Å². The van der Waals surface area contributed by atoms with Crippen molar-refractivity contribution in [3.05, 3.63) is 71.6 Å². The number of likely N-dealkylation sites (tertiary alicyclic amines) is 1. The SMILES string of the molecule is CCC(CNC(=O)C1CCCN(Cc2nc(-c3ccc(C)cc3)no2)C1)Cc1ccccc1. The standard InChI is InChI=1S/C27H34N4O2/c1-3-21(16-22-8-5-4-6-9-22)17-28-27(32)24-10-7-15-31(18-24)19-25-29-26(30-33-25)23-13-11-20(2)12-14-23/h4-6,8-9,11-14,21,24H,3,7,10,15-19H2,1-2H3,(H,28,32). The van der Waals surface area contributed by atoms with Crippen molar-refractivity contribution in [1.82, 2.24) is 20.4 Å². The van der Waals surface area contributed by atoms with Gasteiger partial charge in [0.15, 0.2) is 0 Å². The van der Waals surface area contributed by atoms with Gasteiger partial charge in [-0.2, -0.15) is 4.98 Å². The zero-order valence-corrected chi connectivity index (χ0v) is 19.7. The first-order chi connectivity index (χ1) is 16.1. The van der Waals surface area contributed by atoms with E-state index >= 15 is 0 Å². The Morgan fingerprint density at radius 1 is 1.18 bits per heavy atom. The Bertz CT molecular complexity index is 1020. The van der Waals surface area contributed by atoms with E-state index in [0.717, 1.165) is 50.9 Å². The minimum Gasteiger partial charge on any atom is -0.356 e. The van der Waals surface area contributed by atoms with Crippen molar-refractivity contribution in [2.45, 2.75) is 46.1 Å². The summed E-state index contributed by atoms with van der Waals surface area (Å²) >= 11 is 0. The maximum Gasteiger partial charge on any atom is 0.241 e. The lowest BCUT2D eigenvalue weighted by molar-refractivity contribution is -0.127. The fourth-order valence-corrected chi connectivity index (χ4v) is 4.44. The van der Waals surface area contributed by atoms with E-state index in [4.69, 9.17) is 4.52 Å². The second kappa shape index (κ2) is 11.2. The van der Waals surface area contributed by atoms with Gasteiger partial charge in [-0.25, -0.2) is 0 Å². The lowest BCUT2D eigenvalue weighted by atomic mass is 9.95. The van der Waals surface area contributed by atoms with E-state index in [0.29, 0.717) is 24.2 Å². The van der Waals surface area contributed by atoms with Crippen LogP contribution in [0.4, 0.5) is 0 Å². The average Bonchev–Trinajstić information content (AvgIpc) is 3.31. The third kappa shape index (κ3) is 6.51. The molecule has 2 unspecified atom stereocenters. The molecule has 1 N–H and O–H groups in total. The van der Waals surface area contributed by atoms with Gasteiger partial charge in [-0.15, -0.1) is 0 Å². The van der Waals surface area contributed by atoms with Crippen LogP contribution in [0.3, 0.4) is 0 Å². The van der Waals surface area contributed by atoms with Crippen LogP contribution in [0.25, 0.3) is 11.4 Å². The van der Waals surface area contributed by atoms with Crippen LogP contribution < -0.4 is 5.32 Å². The molecule has 2 atom stereocenters. The molecule has 1 fully saturated rings. The maximum absolute atomic E-state index is 12.9. The van der Waals surface area contributed by atoms with Crippen LogP contribution >= 0.6 is 0 Å². The van der Waals surface area contributed by atoms with E-state index in [1.807, 2.05) is 30.3 Å². The topological polar surface area (TPSA) is 71.3 Å². The molecule has 1 aromatic heterocycles. The van der Waals surface area contributed by atoms with Crippen LogP contribution in [-0.2, 0) is 17.8 Å². The molecule has 1 saturated heterocycles. The van der Waals surface area contributed by atoms with Crippen LogP contribution in [-0.4, -0.2) is 40.6 Å². The highest BCUT2D eigenvalue weighted by atomic mass is 16.5. The summed E-state index contributed by atoms with van der Waals surface area (Å²) in [6, 6.07) is 18.6. The van der Waals surface area contributed by atoms with Gasteiger partial charge >= 0.3 is 0 Å². The second-order valence-corrected chi connectivity index (χ2v) is 9.16. The van der Waals surface area contributed by atoms with Crippen molar-refractivity contribution < 1.29 is 9.32 Å². The maximum atomic E-state index is 12.9. The first-order valence-electron chi connectivity index (χ1n) is 12.0. The van der Waals surface area contributed by atoms with Crippen molar-refractivity contribution >= 4 is 5.91 Å². The first-order valence-corrected chi connectivity index (χ1v) is 12.0. The molecule has 1 amide bonds. The van der Waals surface area contributed by atoms with Gasteiger partial charge in [-0.1, -0.05) is 78.7 Å². The van der Waals surface area contributed by atoms with Crippen molar-refractivity contribution in [1.29, 1.82) is 0 Å². The molecule has 6 nitrogen and oxygen atoms in total. The van der Waals surface area contributed by atoms with E-state index in [1.165, 1.54) is 11.1 Å². The van der Waals surface area contributed by atoms with Crippen LogP contribution in [0.5, 0.6) is 0 Å². The van der Waals surface area contributed by atoms with Gasteiger partial charge in [0.1, 0.15) is 0 Å². The van der Waals surface area contributed by atoms with E-state index in [1.54, 1.807) is 0 Å². The van der Waals surface area contributed by atoms with Crippen LogP contribution in [0.1, 0.15) is 43.2 Å². The molecule has 0 bridgehead atoms. The lowest BCUT2D eigenvalue weighted by Gasteiger charge is -2.31. The number of nitrogens with one attached hydrogen (secondary N) is 1. The van der Waals surface area contributed by atoms with Crippen molar-refractivity contribution in [3.63, 3.8) is 0 Å². The van der Waals surface area contributed by atoms with Crippen LogP contribution in [0.15, 0.2) is 59.1 Å². The second-order valence-electron chi connectivity index (χ2n) is 9.16. The molecule has 174 valence electrons. The normalized spacial score (nSPS) is 17.6. The quantitative estimate of drug-likeness (QED) is 0.518. The molecular formula is C27H34N4O2. The van der Waals surface area contributed by atoms with Crippen molar-refractivity contribution in [2.75, 3.05) is 19.6 Å². The number of benzene rings is 2. The van der Waals surface area contributed by atoms with Gasteiger partial charge in [-0.3, -0.25) is 9.69 Å². The van der Waals surface area contributed by atoms with Crippen LogP contribution in [0, 0.1) is 18.8 Å². The minimum absolute atomic E-state index is 0.00692. The van der Waals surface area contributed by atoms with E-state index in [-0.39, 0.29) is 11.8 Å². The third-order valence-electron chi connectivity index (χ3n) is 6.52. The molecule has 1 aliphatic heterocycles. The predicted octanol–water partition coefficient (Wildman–Crippen LogP) is 4.64. The van der Waals surface area contributed by atoms with E-state index in [9.17, 15) is 4.79 Å². The largest absolute Gasteiger partial charge is 0.356 e. The molecule has 3 aromatic rings. The molecule has 0 aliphatic carbocycles. The zero-order valence-electron chi connectivity index (χ0n) is 19.7. The van der Waals surface area contributed by atoms with Gasteiger partial charge < -0.3 is 9.84 Å². The number of hydrogen-bond donors (Lipinski definition) is 1. The average molecular weight is 447 g/mol. The highest BCUT2D eigenvalue weighted by Crippen LogP contribution is 2.21. The van der Waals surface area contributed by atoms with Gasteiger partial charge in [-0.05, 0) is 44.2 Å². The number of piperidine rings is 1. The van der Waals surface area contributed by atoms with Gasteiger partial charge in [0.25, 0.3) is 0 Å². The number of amides is 1. The smallest absolute Gasteiger partial charge is 0.241 e. The number of hydrogen-bond acceptors (Lipinski definition) is 5. The fraction of sp³-hybridized carbons (Fsp3) is 0.444. The summed E-state index contributed by atoms with van der Waals surface area (Å²) in [5.41, 5.74) is 3.48. The Kier molecular flexibility index (Phi) is 7.89. The number of rotatable bonds is 9. The molecule has 2 heterocycles. The molecule has 4 rings (SSSR count). The Labute approximate surface area is 196 Å². The molecule has 0 radical (unpaired) electrons. The van der Waals surface area contributed by atoms with Crippen LogP contribution in [0.2, 0.25) is 0 Å². The predicted molar refractivity (Wildman–Crippen MR) is 129 cm³/mol. The van der Waals surface area contributed by atoms with E-state index in [2.05, 4.69) is 58.5 Å². The summed E-state index contributed by atoms with van der Waals surface area (Å²) < 4.78 is 5.49. The highest BCUT2D eigenvalue weighted by molar-refractivity contribution is 5.79. The minimum atomic E-state index is 0.00692. The number of nitrogens with zero attached hydrogens (tertiary/aromatic N) is 3. The molecule has 33 heavy (non-hydrogen) atoms. The summed E-state index contributed by atoms with van der Waals surface area (Å²) in [6.45, 7) is 7.22. The summed E-state index contributed by atoms with van der Waals surface area (Å²) in [5.74, 6) is 1.83. The molecule has 1 aliphatic rings. The lowest BCUT2D eigenvalue weighted by Crippen LogP contribution is -2.43. The zero-order chi connectivity index (χ0) is 23.0. The summed E-state index contributed by atoms with van der Waals surface area (Å²) in [5, 5.41) is 7.36. The number of aromatic nitrogens is 2. The Hall–Kier alpha value is -2.99. The fourth-order valence-electron chi connectivity index (χ4n) is 4.44. The van der Waals surface area contributed by atoms with Gasteiger partial charge in [0.2, 0.25) is 17.6 Å². The highest BCUT2D eigenvalue weighted by Gasteiger charge is 2.27.